The highest BCUT2D eigenvalue weighted by Crippen LogP contribution is 2.38. The Morgan fingerprint density at radius 2 is 2.08 bits per heavy atom. The second kappa shape index (κ2) is 3.06. The maximum absolute atomic E-state index is 9.66. The molecule has 0 bridgehead atoms. The lowest BCUT2D eigenvalue weighted by atomic mass is 9.77. The largest absolute Gasteiger partial charge is 0.508 e. The van der Waals surface area contributed by atoms with Crippen LogP contribution >= 0.6 is 0 Å². The van der Waals surface area contributed by atoms with Crippen molar-refractivity contribution in [2.75, 3.05) is 0 Å². The fourth-order valence-electron chi connectivity index (χ4n) is 2.22. The van der Waals surface area contributed by atoms with Crippen LogP contribution in [-0.2, 0) is 6.42 Å². The third-order valence-electron chi connectivity index (χ3n) is 3.38. The summed E-state index contributed by atoms with van der Waals surface area (Å²) in [5.74, 6) is 1.82. The normalized spacial score (nSPS) is 26.9. The summed E-state index contributed by atoms with van der Waals surface area (Å²) in [5, 5.41) is 9.66. The molecule has 0 fully saturated rings. The topological polar surface area (TPSA) is 20.2 Å². The van der Waals surface area contributed by atoms with Gasteiger partial charge in [-0.1, -0.05) is 26.0 Å². The first-order valence-electron chi connectivity index (χ1n) is 5.01. The van der Waals surface area contributed by atoms with Crippen molar-refractivity contribution >= 4 is 0 Å². The molecule has 0 aliphatic heterocycles. The predicted molar refractivity (Wildman–Crippen MR) is 54.0 cm³/mol. The molecule has 0 saturated heterocycles. The quantitative estimate of drug-likeness (QED) is 0.644. The van der Waals surface area contributed by atoms with Crippen LogP contribution in [0.15, 0.2) is 18.2 Å². The first kappa shape index (κ1) is 8.61. The standard InChI is InChI=1S/C12H16O/c1-8-6-7-11-10(9(8)2)4-3-5-12(11)13/h3-5,8-9,13H,6-7H2,1-2H3. The van der Waals surface area contributed by atoms with Gasteiger partial charge in [-0.15, -0.1) is 0 Å². The van der Waals surface area contributed by atoms with Gasteiger partial charge >= 0.3 is 0 Å². The van der Waals surface area contributed by atoms with E-state index in [2.05, 4.69) is 19.9 Å². The number of benzene rings is 1. The Morgan fingerprint density at radius 1 is 1.31 bits per heavy atom. The Morgan fingerprint density at radius 3 is 2.85 bits per heavy atom. The maximum Gasteiger partial charge on any atom is 0.119 e. The summed E-state index contributed by atoms with van der Waals surface area (Å²) in [6.07, 6.45) is 2.24. The molecule has 1 N–H and O–H groups in total. The van der Waals surface area contributed by atoms with Crippen LogP contribution in [0.3, 0.4) is 0 Å². The summed E-state index contributed by atoms with van der Waals surface area (Å²) >= 11 is 0. The highest BCUT2D eigenvalue weighted by atomic mass is 16.3. The lowest BCUT2D eigenvalue weighted by Gasteiger charge is -2.28. The van der Waals surface area contributed by atoms with E-state index in [1.165, 1.54) is 17.5 Å². The van der Waals surface area contributed by atoms with Gasteiger partial charge in [0.25, 0.3) is 0 Å². The van der Waals surface area contributed by atoms with E-state index in [1.54, 1.807) is 6.07 Å². The monoisotopic (exact) mass is 176 g/mol. The Labute approximate surface area is 79.4 Å². The molecule has 0 amide bonds. The number of hydrogen-bond donors (Lipinski definition) is 1. The summed E-state index contributed by atoms with van der Waals surface area (Å²) in [4.78, 5) is 0. The molecule has 1 aliphatic rings. The lowest BCUT2D eigenvalue weighted by Crippen LogP contribution is -2.15. The zero-order valence-corrected chi connectivity index (χ0v) is 8.25. The number of aromatic hydroxyl groups is 1. The van der Waals surface area contributed by atoms with E-state index in [-0.39, 0.29) is 0 Å². The average molecular weight is 176 g/mol. The van der Waals surface area contributed by atoms with Crippen molar-refractivity contribution in [2.24, 2.45) is 5.92 Å². The summed E-state index contributed by atoms with van der Waals surface area (Å²) in [6.45, 7) is 4.54. The van der Waals surface area contributed by atoms with E-state index in [0.29, 0.717) is 11.7 Å². The fourth-order valence-corrected chi connectivity index (χ4v) is 2.22. The highest BCUT2D eigenvalue weighted by Gasteiger charge is 2.24. The van der Waals surface area contributed by atoms with Gasteiger partial charge in [-0.2, -0.15) is 0 Å². The van der Waals surface area contributed by atoms with Gasteiger partial charge < -0.3 is 5.11 Å². The van der Waals surface area contributed by atoms with Crippen molar-refractivity contribution in [3.8, 4) is 5.75 Å². The summed E-state index contributed by atoms with van der Waals surface area (Å²) in [5.41, 5.74) is 2.52. The Bertz CT molecular complexity index is 317. The van der Waals surface area contributed by atoms with E-state index < -0.39 is 0 Å². The first-order chi connectivity index (χ1) is 6.20. The van der Waals surface area contributed by atoms with Crippen LogP contribution in [0, 0.1) is 5.92 Å². The molecular formula is C12H16O. The smallest absolute Gasteiger partial charge is 0.119 e. The van der Waals surface area contributed by atoms with Crippen molar-refractivity contribution in [1.29, 1.82) is 0 Å². The Balaban J connectivity index is 2.49. The van der Waals surface area contributed by atoms with E-state index in [4.69, 9.17) is 0 Å². The molecule has 2 unspecified atom stereocenters. The predicted octanol–water partition coefficient (Wildman–Crippen LogP) is 3.08. The molecule has 70 valence electrons. The number of hydrogen-bond acceptors (Lipinski definition) is 1. The van der Waals surface area contributed by atoms with E-state index in [0.717, 1.165) is 12.3 Å². The third-order valence-corrected chi connectivity index (χ3v) is 3.38. The SMILES string of the molecule is CC1CCc2c(O)cccc2C1C. The van der Waals surface area contributed by atoms with Crippen molar-refractivity contribution in [1.82, 2.24) is 0 Å². The zero-order chi connectivity index (χ0) is 9.42. The summed E-state index contributed by atoms with van der Waals surface area (Å²) in [7, 11) is 0. The number of fused-ring (bicyclic) bond motifs is 1. The minimum Gasteiger partial charge on any atom is -0.508 e. The average Bonchev–Trinajstić information content (AvgIpc) is 2.12. The van der Waals surface area contributed by atoms with Crippen LogP contribution in [0.25, 0.3) is 0 Å². The van der Waals surface area contributed by atoms with Crippen LogP contribution in [0.4, 0.5) is 0 Å². The van der Waals surface area contributed by atoms with Crippen molar-refractivity contribution < 1.29 is 5.11 Å². The molecule has 2 atom stereocenters. The molecule has 1 heteroatoms. The van der Waals surface area contributed by atoms with Gasteiger partial charge in [-0.05, 0) is 41.9 Å². The molecule has 1 aromatic rings. The molecule has 2 rings (SSSR count). The third kappa shape index (κ3) is 1.32. The Kier molecular flexibility index (Phi) is 2.03. The van der Waals surface area contributed by atoms with Gasteiger partial charge in [-0.25, -0.2) is 0 Å². The minimum atomic E-state index is 0.483. The molecule has 1 nitrogen and oxygen atoms in total. The molecule has 0 spiro atoms. The molecule has 1 aromatic carbocycles. The minimum absolute atomic E-state index is 0.483. The molecule has 13 heavy (non-hydrogen) atoms. The second-order valence-electron chi connectivity index (χ2n) is 4.15. The van der Waals surface area contributed by atoms with E-state index in [1.807, 2.05) is 6.07 Å². The molecule has 0 aromatic heterocycles. The van der Waals surface area contributed by atoms with Gasteiger partial charge in [-0.3, -0.25) is 0 Å². The molecule has 0 saturated carbocycles. The van der Waals surface area contributed by atoms with E-state index >= 15 is 0 Å². The maximum atomic E-state index is 9.66. The lowest BCUT2D eigenvalue weighted by molar-refractivity contribution is 0.405. The summed E-state index contributed by atoms with van der Waals surface area (Å²) in [6, 6.07) is 5.89. The van der Waals surface area contributed by atoms with Gasteiger partial charge in [0.05, 0.1) is 0 Å². The molecule has 1 aliphatic carbocycles. The number of phenolic OH excluding ortho intramolecular Hbond substituents is 1. The first-order valence-corrected chi connectivity index (χ1v) is 5.01. The van der Waals surface area contributed by atoms with Gasteiger partial charge in [0.15, 0.2) is 0 Å². The van der Waals surface area contributed by atoms with Crippen molar-refractivity contribution in [3.05, 3.63) is 29.3 Å². The molecular weight excluding hydrogens is 160 g/mol. The van der Waals surface area contributed by atoms with Crippen LogP contribution in [0.2, 0.25) is 0 Å². The van der Waals surface area contributed by atoms with Gasteiger partial charge in [0.1, 0.15) is 5.75 Å². The van der Waals surface area contributed by atoms with E-state index in [9.17, 15) is 5.11 Å². The van der Waals surface area contributed by atoms with Crippen LogP contribution in [0.1, 0.15) is 37.3 Å². The van der Waals surface area contributed by atoms with Crippen LogP contribution in [-0.4, -0.2) is 5.11 Å². The second-order valence-corrected chi connectivity index (χ2v) is 4.15. The van der Waals surface area contributed by atoms with Crippen LogP contribution < -0.4 is 0 Å². The molecule has 0 heterocycles. The zero-order valence-electron chi connectivity index (χ0n) is 8.25. The Hall–Kier alpha value is -0.980. The molecule has 0 radical (unpaired) electrons. The summed E-state index contributed by atoms with van der Waals surface area (Å²) < 4.78 is 0. The highest BCUT2D eigenvalue weighted by molar-refractivity contribution is 5.42. The van der Waals surface area contributed by atoms with Gasteiger partial charge in [0.2, 0.25) is 0 Å². The number of rotatable bonds is 0. The number of phenols is 1. The van der Waals surface area contributed by atoms with Crippen molar-refractivity contribution in [3.63, 3.8) is 0 Å². The van der Waals surface area contributed by atoms with Gasteiger partial charge in [0, 0.05) is 0 Å². The van der Waals surface area contributed by atoms with Crippen LogP contribution in [0.5, 0.6) is 5.75 Å². The fraction of sp³-hybridized carbons (Fsp3) is 0.500. The van der Waals surface area contributed by atoms with Crippen molar-refractivity contribution in [2.45, 2.75) is 32.6 Å².